The van der Waals surface area contributed by atoms with E-state index < -0.39 is 0 Å². The molecule has 0 aliphatic heterocycles. The summed E-state index contributed by atoms with van der Waals surface area (Å²) < 4.78 is 1.95. The summed E-state index contributed by atoms with van der Waals surface area (Å²) in [6.45, 7) is 0.125. The molecule has 0 bridgehead atoms. The van der Waals surface area contributed by atoms with E-state index in [9.17, 15) is 0 Å². The molecular weight excluding hydrogens is 206 g/mol. The molecule has 0 saturated heterocycles. The number of aliphatic hydroxyl groups is 1. The lowest BCUT2D eigenvalue weighted by Crippen LogP contribution is -2.17. The Balaban J connectivity index is 2.06. The number of aliphatic hydroxyl groups excluding tert-OH is 1. The van der Waals surface area contributed by atoms with Gasteiger partial charge in [-0.1, -0.05) is 6.08 Å². The SMILES string of the molecule is Nc1ncnc2c1ncn2C1C=C(CO)C1. The first kappa shape index (κ1) is 9.29. The molecule has 3 rings (SSSR count). The summed E-state index contributed by atoms with van der Waals surface area (Å²) in [4.78, 5) is 12.3. The van der Waals surface area contributed by atoms with E-state index in [0.717, 1.165) is 17.6 Å². The van der Waals surface area contributed by atoms with Crippen molar-refractivity contribution in [1.82, 2.24) is 19.5 Å². The number of aromatic nitrogens is 4. The van der Waals surface area contributed by atoms with Gasteiger partial charge in [-0.05, 0) is 12.0 Å². The van der Waals surface area contributed by atoms with Gasteiger partial charge in [0.15, 0.2) is 11.5 Å². The second-order valence-corrected chi connectivity index (χ2v) is 3.84. The Morgan fingerprint density at radius 3 is 3.00 bits per heavy atom. The van der Waals surface area contributed by atoms with E-state index in [1.165, 1.54) is 6.33 Å². The molecule has 2 aromatic heterocycles. The van der Waals surface area contributed by atoms with E-state index >= 15 is 0 Å². The molecule has 1 atom stereocenters. The van der Waals surface area contributed by atoms with Crippen molar-refractivity contribution < 1.29 is 5.11 Å². The van der Waals surface area contributed by atoms with Crippen molar-refractivity contribution in [3.63, 3.8) is 0 Å². The Kier molecular flexibility index (Phi) is 1.90. The molecule has 2 heterocycles. The Morgan fingerprint density at radius 2 is 2.25 bits per heavy atom. The predicted octanol–water partition coefficient (Wildman–Crippen LogP) is 0.272. The van der Waals surface area contributed by atoms with Crippen LogP contribution in [0.1, 0.15) is 12.5 Å². The van der Waals surface area contributed by atoms with Crippen LogP contribution < -0.4 is 5.73 Å². The molecule has 6 heteroatoms. The van der Waals surface area contributed by atoms with Gasteiger partial charge in [0.25, 0.3) is 0 Å². The van der Waals surface area contributed by atoms with E-state index in [2.05, 4.69) is 15.0 Å². The minimum Gasteiger partial charge on any atom is -0.392 e. The maximum atomic E-state index is 8.92. The number of allylic oxidation sites excluding steroid dienone is 1. The summed E-state index contributed by atoms with van der Waals surface area (Å²) in [5.41, 5.74) is 8.12. The number of hydrogen-bond acceptors (Lipinski definition) is 5. The molecule has 6 nitrogen and oxygen atoms in total. The highest BCUT2D eigenvalue weighted by Gasteiger charge is 2.22. The smallest absolute Gasteiger partial charge is 0.165 e. The molecular formula is C10H11N5O. The van der Waals surface area contributed by atoms with Gasteiger partial charge < -0.3 is 15.4 Å². The first-order valence-corrected chi connectivity index (χ1v) is 5.03. The molecule has 0 amide bonds. The number of imidazole rings is 1. The van der Waals surface area contributed by atoms with Crippen molar-refractivity contribution in [1.29, 1.82) is 0 Å². The summed E-state index contributed by atoms with van der Waals surface area (Å²) in [6, 6.07) is 0.224. The van der Waals surface area contributed by atoms with Crippen LogP contribution in [-0.2, 0) is 0 Å². The average molecular weight is 217 g/mol. The number of nitrogens with two attached hydrogens (primary N) is 1. The number of hydrogen-bond donors (Lipinski definition) is 2. The topological polar surface area (TPSA) is 89.9 Å². The maximum absolute atomic E-state index is 8.92. The molecule has 1 aliphatic rings. The lowest BCUT2D eigenvalue weighted by Gasteiger charge is -2.25. The second kappa shape index (κ2) is 3.28. The van der Waals surface area contributed by atoms with Crippen molar-refractivity contribution >= 4 is 17.0 Å². The van der Waals surface area contributed by atoms with Crippen LogP contribution in [0.2, 0.25) is 0 Å². The van der Waals surface area contributed by atoms with Gasteiger partial charge in [0, 0.05) is 0 Å². The van der Waals surface area contributed by atoms with E-state index in [-0.39, 0.29) is 12.6 Å². The van der Waals surface area contributed by atoms with Gasteiger partial charge in [0.2, 0.25) is 0 Å². The summed E-state index contributed by atoms with van der Waals surface area (Å²) in [7, 11) is 0. The van der Waals surface area contributed by atoms with Crippen LogP contribution in [0.3, 0.4) is 0 Å². The first-order chi connectivity index (χ1) is 7.79. The van der Waals surface area contributed by atoms with Gasteiger partial charge in [-0.2, -0.15) is 0 Å². The molecule has 82 valence electrons. The zero-order valence-corrected chi connectivity index (χ0v) is 8.54. The second-order valence-electron chi connectivity index (χ2n) is 3.84. The Hall–Kier alpha value is -1.95. The summed E-state index contributed by atoms with van der Waals surface area (Å²) in [6.07, 6.45) is 6.00. The molecule has 16 heavy (non-hydrogen) atoms. The Bertz CT molecular complexity index is 574. The summed E-state index contributed by atoms with van der Waals surface area (Å²) in [5.74, 6) is 0.398. The highest BCUT2D eigenvalue weighted by molar-refractivity contribution is 5.81. The van der Waals surface area contributed by atoms with E-state index in [4.69, 9.17) is 10.8 Å². The van der Waals surface area contributed by atoms with Crippen LogP contribution in [0, 0.1) is 0 Å². The van der Waals surface area contributed by atoms with E-state index in [0.29, 0.717) is 11.3 Å². The van der Waals surface area contributed by atoms with Gasteiger partial charge >= 0.3 is 0 Å². The summed E-state index contributed by atoms with van der Waals surface area (Å²) in [5, 5.41) is 8.92. The van der Waals surface area contributed by atoms with Gasteiger partial charge in [0.05, 0.1) is 19.0 Å². The van der Waals surface area contributed by atoms with Crippen LogP contribution in [0.25, 0.3) is 11.2 Å². The van der Waals surface area contributed by atoms with Crippen molar-refractivity contribution in [3.8, 4) is 0 Å². The normalized spacial score (nSPS) is 19.6. The molecule has 0 fully saturated rings. The van der Waals surface area contributed by atoms with Crippen LogP contribution >= 0.6 is 0 Å². The number of nitrogen functional groups attached to an aromatic ring is 1. The predicted molar refractivity (Wildman–Crippen MR) is 58.6 cm³/mol. The van der Waals surface area contributed by atoms with E-state index in [1.807, 2.05) is 10.6 Å². The summed E-state index contributed by atoms with van der Waals surface area (Å²) >= 11 is 0. The fourth-order valence-corrected chi connectivity index (χ4v) is 1.92. The molecule has 0 spiro atoms. The molecule has 3 N–H and O–H groups in total. The number of nitrogens with zero attached hydrogens (tertiary/aromatic N) is 4. The molecule has 0 aromatic carbocycles. The molecule has 2 aromatic rings. The monoisotopic (exact) mass is 217 g/mol. The Labute approximate surface area is 91.5 Å². The highest BCUT2D eigenvalue weighted by Crippen LogP contribution is 2.32. The quantitative estimate of drug-likeness (QED) is 0.705. The zero-order valence-electron chi connectivity index (χ0n) is 8.54. The third kappa shape index (κ3) is 1.20. The zero-order chi connectivity index (χ0) is 11.1. The third-order valence-electron chi connectivity index (χ3n) is 2.85. The molecule has 1 unspecified atom stereocenters. The van der Waals surface area contributed by atoms with Crippen molar-refractivity contribution in [2.75, 3.05) is 12.3 Å². The first-order valence-electron chi connectivity index (χ1n) is 5.03. The van der Waals surface area contributed by atoms with Crippen LogP contribution in [-0.4, -0.2) is 31.2 Å². The average Bonchev–Trinajstić information content (AvgIpc) is 2.62. The van der Waals surface area contributed by atoms with Crippen LogP contribution in [0.5, 0.6) is 0 Å². The Morgan fingerprint density at radius 1 is 1.44 bits per heavy atom. The molecule has 0 radical (unpaired) electrons. The van der Waals surface area contributed by atoms with Crippen molar-refractivity contribution in [2.45, 2.75) is 12.5 Å². The van der Waals surface area contributed by atoms with Gasteiger partial charge in [0.1, 0.15) is 11.8 Å². The number of rotatable bonds is 2. The van der Waals surface area contributed by atoms with Gasteiger partial charge in [-0.15, -0.1) is 0 Å². The van der Waals surface area contributed by atoms with Crippen molar-refractivity contribution in [3.05, 3.63) is 24.3 Å². The van der Waals surface area contributed by atoms with E-state index in [1.54, 1.807) is 6.33 Å². The standard InChI is InChI=1S/C10H11N5O/c11-9-8-10(13-4-12-9)15(5-14-8)7-1-6(2-7)3-16/h1,4-5,7,16H,2-3H2,(H2,11,12,13). The number of fused-ring (bicyclic) bond motifs is 1. The molecule has 1 aliphatic carbocycles. The van der Waals surface area contributed by atoms with Gasteiger partial charge in [-0.3, -0.25) is 0 Å². The largest absolute Gasteiger partial charge is 0.392 e. The van der Waals surface area contributed by atoms with Crippen LogP contribution in [0.15, 0.2) is 24.3 Å². The highest BCUT2D eigenvalue weighted by atomic mass is 16.3. The fraction of sp³-hybridized carbons (Fsp3) is 0.300. The minimum absolute atomic E-state index is 0.125. The van der Waals surface area contributed by atoms with Gasteiger partial charge in [-0.25, -0.2) is 15.0 Å². The maximum Gasteiger partial charge on any atom is 0.165 e. The number of anilines is 1. The lowest BCUT2D eigenvalue weighted by molar-refractivity contribution is 0.311. The lowest BCUT2D eigenvalue weighted by atomic mass is 9.94. The minimum atomic E-state index is 0.125. The molecule has 0 saturated carbocycles. The fourth-order valence-electron chi connectivity index (χ4n) is 1.92. The third-order valence-corrected chi connectivity index (χ3v) is 2.85. The van der Waals surface area contributed by atoms with Crippen molar-refractivity contribution in [2.24, 2.45) is 0 Å². The van der Waals surface area contributed by atoms with Crippen LogP contribution in [0.4, 0.5) is 5.82 Å².